The second kappa shape index (κ2) is 3.17. The first-order valence-electron chi connectivity index (χ1n) is 4.88. The molecule has 1 aromatic rings. The number of aromatic hydroxyl groups is 1. The zero-order valence-electron chi connectivity index (χ0n) is 8.21. The standard InChI is InChI=1S/C11H13F2NO/c12-11(13,10(14)4-5-10)7-8-2-1-3-9(15)6-8/h1-3,6,15H,4-5,7,14H2. The predicted octanol–water partition coefficient (Wildman–Crippen LogP) is 2.06. The third-order valence-corrected chi connectivity index (χ3v) is 2.85. The van der Waals surface area contributed by atoms with E-state index in [4.69, 9.17) is 10.8 Å². The number of alkyl halides is 2. The molecule has 1 aliphatic rings. The van der Waals surface area contributed by atoms with Gasteiger partial charge in [0.1, 0.15) is 5.75 Å². The molecule has 1 fully saturated rings. The van der Waals surface area contributed by atoms with Crippen LogP contribution < -0.4 is 5.73 Å². The van der Waals surface area contributed by atoms with Crippen molar-refractivity contribution in [3.63, 3.8) is 0 Å². The van der Waals surface area contributed by atoms with Crippen LogP contribution in [0.25, 0.3) is 0 Å². The Labute approximate surface area is 86.7 Å². The first-order chi connectivity index (χ1) is 6.93. The Morgan fingerprint density at radius 1 is 1.40 bits per heavy atom. The summed E-state index contributed by atoms with van der Waals surface area (Å²) in [5.41, 5.74) is 4.59. The second-order valence-corrected chi connectivity index (χ2v) is 4.21. The Morgan fingerprint density at radius 2 is 2.07 bits per heavy atom. The second-order valence-electron chi connectivity index (χ2n) is 4.21. The van der Waals surface area contributed by atoms with Crippen LogP contribution in [0.2, 0.25) is 0 Å². The third kappa shape index (κ3) is 1.95. The summed E-state index contributed by atoms with van der Waals surface area (Å²) in [6, 6.07) is 5.92. The Balaban J connectivity index is 2.14. The van der Waals surface area contributed by atoms with Gasteiger partial charge >= 0.3 is 0 Å². The molecule has 3 N–H and O–H groups in total. The van der Waals surface area contributed by atoms with Gasteiger partial charge in [0, 0.05) is 6.42 Å². The van der Waals surface area contributed by atoms with Crippen molar-refractivity contribution in [2.75, 3.05) is 0 Å². The highest BCUT2D eigenvalue weighted by Crippen LogP contribution is 2.47. The van der Waals surface area contributed by atoms with Crippen molar-refractivity contribution in [3.05, 3.63) is 29.8 Å². The third-order valence-electron chi connectivity index (χ3n) is 2.85. The lowest BCUT2D eigenvalue weighted by Crippen LogP contribution is -2.45. The number of hydrogen-bond acceptors (Lipinski definition) is 2. The zero-order chi connectivity index (χ0) is 11.1. The minimum Gasteiger partial charge on any atom is -0.508 e. The maximum absolute atomic E-state index is 13.6. The summed E-state index contributed by atoms with van der Waals surface area (Å²) < 4.78 is 27.2. The molecule has 0 unspecified atom stereocenters. The van der Waals surface area contributed by atoms with Gasteiger partial charge in [-0.2, -0.15) is 0 Å². The van der Waals surface area contributed by atoms with Crippen molar-refractivity contribution >= 4 is 0 Å². The molecule has 0 bridgehead atoms. The fourth-order valence-electron chi connectivity index (χ4n) is 1.60. The van der Waals surface area contributed by atoms with E-state index in [0.29, 0.717) is 18.4 Å². The van der Waals surface area contributed by atoms with E-state index in [1.807, 2.05) is 0 Å². The molecule has 1 saturated carbocycles. The van der Waals surface area contributed by atoms with Crippen molar-refractivity contribution in [1.82, 2.24) is 0 Å². The number of halogens is 2. The van der Waals surface area contributed by atoms with Gasteiger partial charge in [0.15, 0.2) is 0 Å². The topological polar surface area (TPSA) is 46.2 Å². The van der Waals surface area contributed by atoms with E-state index in [9.17, 15) is 8.78 Å². The summed E-state index contributed by atoms with van der Waals surface area (Å²) in [5, 5.41) is 9.15. The van der Waals surface area contributed by atoms with Crippen molar-refractivity contribution in [2.24, 2.45) is 5.73 Å². The van der Waals surface area contributed by atoms with Gasteiger partial charge in [0.05, 0.1) is 5.54 Å². The van der Waals surface area contributed by atoms with Crippen LogP contribution in [0.5, 0.6) is 5.75 Å². The first kappa shape index (κ1) is 10.4. The lowest BCUT2D eigenvalue weighted by atomic mass is 10.00. The number of phenols is 1. The van der Waals surface area contributed by atoms with Crippen LogP contribution in [0.3, 0.4) is 0 Å². The van der Waals surface area contributed by atoms with E-state index in [-0.39, 0.29) is 5.75 Å². The molecule has 2 rings (SSSR count). The molecular formula is C11H13F2NO. The average molecular weight is 213 g/mol. The van der Waals surface area contributed by atoms with Gasteiger partial charge in [-0.25, -0.2) is 8.78 Å². The van der Waals surface area contributed by atoms with Crippen LogP contribution >= 0.6 is 0 Å². The smallest absolute Gasteiger partial charge is 0.269 e. The van der Waals surface area contributed by atoms with Crippen molar-refractivity contribution in [1.29, 1.82) is 0 Å². The molecule has 2 nitrogen and oxygen atoms in total. The van der Waals surface area contributed by atoms with E-state index in [2.05, 4.69) is 0 Å². The summed E-state index contributed by atoms with van der Waals surface area (Å²) in [5.74, 6) is -2.88. The van der Waals surface area contributed by atoms with Crippen molar-refractivity contribution in [3.8, 4) is 5.75 Å². The quantitative estimate of drug-likeness (QED) is 0.807. The minimum atomic E-state index is -2.89. The minimum absolute atomic E-state index is 0.00479. The van der Waals surface area contributed by atoms with Crippen LogP contribution in [0.15, 0.2) is 24.3 Å². The van der Waals surface area contributed by atoms with Crippen molar-refractivity contribution < 1.29 is 13.9 Å². The highest BCUT2D eigenvalue weighted by molar-refractivity contribution is 5.29. The van der Waals surface area contributed by atoms with E-state index in [0.717, 1.165) is 0 Å². The van der Waals surface area contributed by atoms with Crippen LogP contribution in [-0.2, 0) is 6.42 Å². The molecule has 1 aliphatic carbocycles. The SMILES string of the molecule is NC1(C(F)(F)Cc2cccc(O)c2)CC1. The zero-order valence-corrected chi connectivity index (χ0v) is 8.21. The van der Waals surface area contributed by atoms with E-state index < -0.39 is 17.9 Å². The molecule has 0 aromatic heterocycles. The number of nitrogens with two attached hydrogens (primary N) is 1. The number of rotatable bonds is 3. The summed E-state index contributed by atoms with van der Waals surface area (Å²) >= 11 is 0. The molecule has 15 heavy (non-hydrogen) atoms. The maximum atomic E-state index is 13.6. The number of hydrogen-bond donors (Lipinski definition) is 2. The number of benzene rings is 1. The summed E-state index contributed by atoms with van der Waals surface area (Å²) in [7, 11) is 0. The summed E-state index contributed by atoms with van der Waals surface area (Å²) in [4.78, 5) is 0. The van der Waals surface area contributed by atoms with E-state index in [1.54, 1.807) is 12.1 Å². The average Bonchev–Trinajstić information content (AvgIpc) is 2.84. The lowest BCUT2D eigenvalue weighted by molar-refractivity contribution is -0.0350. The van der Waals surface area contributed by atoms with E-state index >= 15 is 0 Å². The molecule has 0 heterocycles. The monoisotopic (exact) mass is 213 g/mol. The highest BCUT2D eigenvalue weighted by atomic mass is 19.3. The maximum Gasteiger partial charge on any atom is 0.269 e. The molecule has 0 radical (unpaired) electrons. The fraction of sp³-hybridized carbons (Fsp3) is 0.455. The highest BCUT2D eigenvalue weighted by Gasteiger charge is 2.58. The predicted molar refractivity (Wildman–Crippen MR) is 52.9 cm³/mol. The molecule has 0 aliphatic heterocycles. The molecule has 0 amide bonds. The number of phenolic OH excluding ortho intramolecular Hbond substituents is 1. The summed E-state index contributed by atoms with van der Waals surface area (Å²) in [6.07, 6.45) is 0.343. The Hall–Kier alpha value is -1.16. The molecule has 0 saturated heterocycles. The molecule has 1 aromatic carbocycles. The largest absolute Gasteiger partial charge is 0.508 e. The van der Waals surface area contributed by atoms with Crippen molar-refractivity contribution in [2.45, 2.75) is 30.7 Å². The Kier molecular flexibility index (Phi) is 2.19. The first-order valence-corrected chi connectivity index (χ1v) is 4.88. The Bertz CT molecular complexity index is 375. The Morgan fingerprint density at radius 3 is 2.60 bits per heavy atom. The molecule has 82 valence electrons. The van der Waals surface area contributed by atoms with E-state index in [1.165, 1.54) is 12.1 Å². The fourth-order valence-corrected chi connectivity index (χ4v) is 1.60. The van der Waals surface area contributed by atoms with Gasteiger partial charge in [-0.3, -0.25) is 0 Å². The molecule has 4 heteroatoms. The van der Waals surface area contributed by atoms with Gasteiger partial charge in [-0.1, -0.05) is 12.1 Å². The summed E-state index contributed by atoms with van der Waals surface area (Å²) in [6.45, 7) is 0. The molecular weight excluding hydrogens is 200 g/mol. The van der Waals surface area contributed by atoms with Crippen LogP contribution in [0.4, 0.5) is 8.78 Å². The molecule has 0 atom stereocenters. The van der Waals surface area contributed by atoms with Gasteiger partial charge in [0.25, 0.3) is 5.92 Å². The lowest BCUT2D eigenvalue weighted by Gasteiger charge is -2.23. The van der Waals surface area contributed by atoms with Crippen LogP contribution in [0, 0.1) is 0 Å². The molecule has 0 spiro atoms. The van der Waals surface area contributed by atoms with Gasteiger partial charge in [0.2, 0.25) is 0 Å². The van der Waals surface area contributed by atoms with Gasteiger partial charge in [-0.15, -0.1) is 0 Å². The van der Waals surface area contributed by atoms with Crippen LogP contribution in [0.1, 0.15) is 18.4 Å². The van der Waals surface area contributed by atoms with Crippen LogP contribution in [-0.4, -0.2) is 16.6 Å². The normalized spacial score (nSPS) is 18.9. The van der Waals surface area contributed by atoms with Gasteiger partial charge < -0.3 is 10.8 Å². The van der Waals surface area contributed by atoms with Gasteiger partial charge in [-0.05, 0) is 30.5 Å².